The average molecular weight is 286 g/mol. The van der Waals surface area contributed by atoms with Crippen LogP contribution in [0.5, 0.6) is 0 Å². The van der Waals surface area contributed by atoms with Crippen molar-refractivity contribution in [2.75, 3.05) is 27.2 Å². The first kappa shape index (κ1) is 16.7. The monoisotopic (exact) mass is 286 g/mol. The summed E-state index contributed by atoms with van der Waals surface area (Å²) in [5, 5.41) is 21.7. The van der Waals surface area contributed by atoms with Crippen molar-refractivity contribution < 1.29 is 15.1 Å². The van der Waals surface area contributed by atoms with Gasteiger partial charge in [0.05, 0.1) is 6.10 Å². The number of amides is 1. The quantitative estimate of drug-likeness (QED) is 0.278. The highest BCUT2D eigenvalue weighted by atomic mass is 16.4. The van der Waals surface area contributed by atoms with Gasteiger partial charge in [0.2, 0.25) is 5.91 Å². The zero-order valence-electron chi connectivity index (χ0n) is 12.7. The molecule has 0 aliphatic carbocycles. The lowest BCUT2D eigenvalue weighted by atomic mass is 9.84. The second-order valence-electron chi connectivity index (χ2n) is 5.93. The number of hydrogen-bond acceptors (Lipinski definition) is 5. The first-order valence-electron chi connectivity index (χ1n) is 6.88. The number of aliphatic hydroxyl groups excluding tert-OH is 1. The van der Waals surface area contributed by atoms with E-state index in [2.05, 4.69) is 5.16 Å². The Kier molecular flexibility index (Phi) is 5.35. The maximum absolute atomic E-state index is 12.8. The number of rotatable bonds is 5. The maximum Gasteiger partial charge on any atom is 0.236 e. The molecule has 0 bridgehead atoms. The van der Waals surface area contributed by atoms with Gasteiger partial charge in [-0.3, -0.25) is 4.79 Å². The molecule has 0 radical (unpaired) electrons. The molecule has 4 N–H and O–H groups in total. The van der Waals surface area contributed by atoms with Crippen LogP contribution in [0.2, 0.25) is 0 Å². The summed E-state index contributed by atoms with van der Waals surface area (Å²) < 4.78 is 0. The Balaban J connectivity index is 2.98. The third-order valence-electron chi connectivity index (χ3n) is 4.08. The summed E-state index contributed by atoms with van der Waals surface area (Å²) in [7, 11) is 3.85. The molecule has 3 atom stereocenters. The van der Waals surface area contributed by atoms with Crippen LogP contribution in [0.3, 0.4) is 0 Å². The molecule has 0 aromatic rings. The Bertz CT molecular complexity index is 386. The van der Waals surface area contributed by atoms with Crippen molar-refractivity contribution in [1.82, 2.24) is 9.80 Å². The van der Waals surface area contributed by atoms with Crippen LogP contribution < -0.4 is 5.73 Å². The van der Waals surface area contributed by atoms with Crippen LogP contribution >= 0.6 is 0 Å². The fourth-order valence-electron chi connectivity index (χ4n) is 2.60. The van der Waals surface area contributed by atoms with Gasteiger partial charge in [-0.05, 0) is 33.9 Å². The van der Waals surface area contributed by atoms with Crippen molar-refractivity contribution in [1.29, 1.82) is 0 Å². The second-order valence-corrected chi connectivity index (χ2v) is 5.93. The number of amidine groups is 1. The van der Waals surface area contributed by atoms with Crippen molar-refractivity contribution in [3.63, 3.8) is 0 Å². The van der Waals surface area contributed by atoms with Gasteiger partial charge in [-0.15, -0.1) is 0 Å². The molecule has 1 aliphatic rings. The van der Waals surface area contributed by atoms with Gasteiger partial charge in [0, 0.05) is 19.1 Å². The molecular formula is C13H26N4O3. The van der Waals surface area contributed by atoms with Crippen LogP contribution in [0.25, 0.3) is 0 Å². The Morgan fingerprint density at radius 1 is 1.55 bits per heavy atom. The van der Waals surface area contributed by atoms with Crippen molar-refractivity contribution in [3.8, 4) is 0 Å². The standard InChI is InChI=1S/C13H26N4O3/c1-5-13(2,11(14)15-20)12(19)17-8-10(18)6-9(17)7-16(3)4/h9-10,18,20H,5-8H2,1-4H3,(H2,14,15). The molecule has 7 nitrogen and oxygen atoms in total. The summed E-state index contributed by atoms with van der Waals surface area (Å²) in [6.07, 6.45) is 0.473. The number of aliphatic hydroxyl groups is 1. The largest absolute Gasteiger partial charge is 0.409 e. The van der Waals surface area contributed by atoms with Crippen molar-refractivity contribution >= 4 is 11.7 Å². The lowest BCUT2D eigenvalue weighted by Gasteiger charge is -2.34. The second kappa shape index (κ2) is 6.41. The molecule has 0 aromatic carbocycles. The molecule has 1 rings (SSSR count). The minimum Gasteiger partial charge on any atom is -0.409 e. The highest BCUT2D eigenvalue weighted by Crippen LogP contribution is 2.29. The SMILES string of the molecule is CCC(C)(C(=O)N1CC(O)CC1CN(C)C)C(N)=NO. The predicted molar refractivity (Wildman–Crippen MR) is 76.5 cm³/mol. The van der Waals surface area contributed by atoms with E-state index in [-0.39, 0.29) is 17.8 Å². The molecule has 0 saturated carbocycles. The van der Waals surface area contributed by atoms with E-state index in [1.54, 1.807) is 11.8 Å². The number of nitrogens with two attached hydrogens (primary N) is 1. The van der Waals surface area contributed by atoms with E-state index in [0.717, 1.165) is 0 Å². The number of carbonyl (C=O) groups excluding carboxylic acids is 1. The van der Waals surface area contributed by atoms with E-state index < -0.39 is 11.5 Å². The number of carbonyl (C=O) groups is 1. The van der Waals surface area contributed by atoms with Gasteiger partial charge in [-0.1, -0.05) is 12.1 Å². The highest BCUT2D eigenvalue weighted by Gasteiger charge is 2.44. The van der Waals surface area contributed by atoms with Crippen molar-refractivity contribution in [2.45, 2.75) is 38.8 Å². The fraction of sp³-hybridized carbons (Fsp3) is 0.846. The molecule has 0 aromatic heterocycles. The summed E-state index contributed by atoms with van der Waals surface area (Å²) in [5.41, 5.74) is 4.65. The minimum atomic E-state index is -1.04. The third-order valence-corrected chi connectivity index (χ3v) is 4.08. The van der Waals surface area contributed by atoms with Crippen molar-refractivity contribution in [3.05, 3.63) is 0 Å². The van der Waals surface area contributed by atoms with Crippen LogP contribution in [0.1, 0.15) is 26.7 Å². The zero-order valence-corrected chi connectivity index (χ0v) is 12.7. The normalized spacial score (nSPS) is 26.9. The summed E-state index contributed by atoms with van der Waals surface area (Å²) in [6.45, 7) is 4.47. The number of likely N-dealkylation sites (N-methyl/N-ethyl adjacent to an activating group) is 1. The molecule has 1 saturated heterocycles. The third kappa shape index (κ3) is 3.21. The number of nitrogens with zero attached hydrogens (tertiary/aromatic N) is 3. The molecule has 20 heavy (non-hydrogen) atoms. The van der Waals surface area contributed by atoms with Crippen LogP contribution in [0.4, 0.5) is 0 Å². The van der Waals surface area contributed by atoms with Crippen LogP contribution in [-0.2, 0) is 4.79 Å². The van der Waals surface area contributed by atoms with E-state index in [1.165, 1.54) is 0 Å². The smallest absolute Gasteiger partial charge is 0.236 e. The van der Waals surface area contributed by atoms with E-state index in [1.807, 2.05) is 25.9 Å². The number of β-amino-alcohol motifs (C(OH)–C–C–N with tert-alkyl or cyclic N) is 1. The number of hydrogen-bond donors (Lipinski definition) is 3. The first-order valence-corrected chi connectivity index (χ1v) is 6.88. The van der Waals surface area contributed by atoms with Crippen LogP contribution in [0.15, 0.2) is 5.16 Å². The van der Waals surface area contributed by atoms with Crippen LogP contribution in [-0.4, -0.2) is 71.2 Å². The lowest BCUT2D eigenvalue weighted by molar-refractivity contribution is -0.139. The Morgan fingerprint density at radius 3 is 2.60 bits per heavy atom. The molecule has 1 aliphatic heterocycles. The van der Waals surface area contributed by atoms with E-state index in [0.29, 0.717) is 25.9 Å². The molecule has 1 amide bonds. The van der Waals surface area contributed by atoms with Gasteiger partial charge in [0.25, 0.3) is 0 Å². The van der Waals surface area contributed by atoms with Gasteiger partial charge >= 0.3 is 0 Å². The summed E-state index contributed by atoms with van der Waals surface area (Å²) >= 11 is 0. The Hall–Kier alpha value is -1.34. The molecule has 1 fully saturated rings. The molecule has 0 spiro atoms. The Labute approximate surface area is 120 Å². The van der Waals surface area contributed by atoms with Gasteiger partial charge < -0.3 is 25.8 Å². The number of oxime groups is 1. The van der Waals surface area contributed by atoms with Crippen LogP contribution in [0, 0.1) is 5.41 Å². The van der Waals surface area contributed by atoms with E-state index in [9.17, 15) is 9.90 Å². The first-order chi connectivity index (χ1) is 9.26. The maximum atomic E-state index is 12.8. The predicted octanol–water partition coefficient (Wildman–Crippen LogP) is -0.327. The number of likely N-dealkylation sites (tertiary alicyclic amines) is 1. The average Bonchev–Trinajstić information content (AvgIpc) is 2.75. The van der Waals surface area contributed by atoms with Gasteiger partial charge in [0.1, 0.15) is 5.41 Å². The van der Waals surface area contributed by atoms with Gasteiger partial charge in [0.15, 0.2) is 5.84 Å². The minimum absolute atomic E-state index is 0.0510. The molecule has 1 heterocycles. The molecule has 116 valence electrons. The van der Waals surface area contributed by atoms with Crippen molar-refractivity contribution in [2.24, 2.45) is 16.3 Å². The van der Waals surface area contributed by atoms with Gasteiger partial charge in [-0.25, -0.2) is 0 Å². The Morgan fingerprint density at radius 2 is 2.15 bits per heavy atom. The molecular weight excluding hydrogens is 260 g/mol. The summed E-state index contributed by atoms with van der Waals surface area (Å²) in [6, 6.07) is -0.0510. The summed E-state index contributed by atoms with van der Waals surface area (Å²) in [5.74, 6) is -0.284. The fourth-order valence-corrected chi connectivity index (χ4v) is 2.60. The molecule has 7 heteroatoms. The topological polar surface area (TPSA) is 102 Å². The highest BCUT2D eigenvalue weighted by molar-refractivity contribution is 6.06. The van der Waals surface area contributed by atoms with E-state index in [4.69, 9.17) is 10.9 Å². The van der Waals surface area contributed by atoms with Gasteiger partial charge in [-0.2, -0.15) is 0 Å². The van der Waals surface area contributed by atoms with E-state index >= 15 is 0 Å². The summed E-state index contributed by atoms with van der Waals surface area (Å²) in [4.78, 5) is 16.4. The molecule has 3 unspecified atom stereocenters. The zero-order chi connectivity index (χ0) is 15.5. The lowest BCUT2D eigenvalue weighted by Crippen LogP contribution is -2.52.